The Balaban J connectivity index is 3.29. The van der Waals surface area contributed by atoms with E-state index in [-0.39, 0.29) is 11.1 Å². The van der Waals surface area contributed by atoms with Crippen LogP contribution in [0.3, 0.4) is 0 Å². The van der Waals surface area contributed by atoms with E-state index >= 15 is 0 Å². The third kappa shape index (κ3) is 2.39. The minimum absolute atomic E-state index is 0.0393. The van der Waals surface area contributed by atoms with Crippen molar-refractivity contribution in [2.24, 2.45) is 0 Å². The Morgan fingerprint density at radius 1 is 1.40 bits per heavy atom. The summed E-state index contributed by atoms with van der Waals surface area (Å²) in [6.07, 6.45) is -4.25. The van der Waals surface area contributed by atoms with E-state index in [2.05, 4.69) is 6.58 Å². The van der Waals surface area contributed by atoms with Gasteiger partial charge in [0.25, 0.3) is 0 Å². The second-order valence-electron chi connectivity index (χ2n) is 3.20. The summed E-state index contributed by atoms with van der Waals surface area (Å²) in [7, 11) is 0. The maximum Gasteiger partial charge on any atom is 0.416 e. The molecule has 15 heavy (non-hydrogen) atoms. The monoisotopic (exact) mass is 216 g/mol. The molecule has 0 saturated heterocycles. The summed E-state index contributed by atoms with van der Waals surface area (Å²) in [5.41, 5.74) is -0.446. The Kier molecular flexibility index (Phi) is 3.19. The van der Waals surface area contributed by atoms with E-state index in [1.54, 1.807) is 0 Å². The molecule has 4 heteroatoms. The van der Waals surface area contributed by atoms with E-state index in [1.165, 1.54) is 25.1 Å². The molecule has 0 aliphatic carbocycles. The van der Waals surface area contributed by atoms with Gasteiger partial charge in [-0.05, 0) is 24.1 Å². The molecule has 82 valence electrons. The number of hydrogen-bond acceptors (Lipinski definition) is 1. The minimum atomic E-state index is -4.39. The highest BCUT2D eigenvalue weighted by Gasteiger charge is 2.33. The number of benzene rings is 1. The highest BCUT2D eigenvalue weighted by molar-refractivity contribution is 5.38. The van der Waals surface area contributed by atoms with Gasteiger partial charge >= 0.3 is 6.18 Å². The first kappa shape index (κ1) is 11.8. The molecule has 1 aromatic carbocycles. The molecule has 0 aliphatic heterocycles. The molecule has 0 aromatic heterocycles. The van der Waals surface area contributed by atoms with Gasteiger partial charge in [-0.25, -0.2) is 0 Å². The molecule has 1 nitrogen and oxygen atoms in total. The van der Waals surface area contributed by atoms with Gasteiger partial charge in [0.05, 0.1) is 11.7 Å². The summed E-state index contributed by atoms with van der Waals surface area (Å²) in [6.45, 7) is 4.68. The normalized spacial score (nSPS) is 13.7. The lowest BCUT2D eigenvalue weighted by atomic mass is 9.98. The SMILES string of the molecule is C=CC(O)c1cccc(C(F)(F)F)c1C. The molecule has 1 rings (SSSR count). The first-order valence-electron chi connectivity index (χ1n) is 4.35. The van der Waals surface area contributed by atoms with E-state index in [1.807, 2.05) is 0 Å². The zero-order valence-electron chi connectivity index (χ0n) is 8.17. The fraction of sp³-hybridized carbons (Fsp3) is 0.273. The Hall–Kier alpha value is -1.29. The topological polar surface area (TPSA) is 20.2 Å². The Bertz CT molecular complexity index is 369. The van der Waals surface area contributed by atoms with Crippen molar-refractivity contribution in [1.82, 2.24) is 0 Å². The molecule has 0 bridgehead atoms. The van der Waals surface area contributed by atoms with Crippen molar-refractivity contribution >= 4 is 0 Å². The molecule has 0 radical (unpaired) electrons. The van der Waals surface area contributed by atoms with Crippen LogP contribution in [0.15, 0.2) is 30.9 Å². The maximum absolute atomic E-state index is 12.5. The molecular weight excluding hydrogens is 205 g/mol. The van der Waals surface area contributed by atoms with Gasteiger partial charge in [0, 0.05) is 0 Å². The van der Waals surface area contributed by atoms with Gasteiger partial charge in [0.1, 0.15) is 0 Å². The van der Waals surface area contributed by atoms with Crippen LogP contribution in [0.4, 0.5) is 13.2 Å². The smallest absolute Gasteiger partial charge is 0.384 e. The minimum Gasteiger partial charge on any atom is -0.384 e. The predicted molar refractivity (Wildman–Crippen MR) is 51.3 cm³/mol. The quantitative estimate of drug-likeness (QED) is 0.752. The molecule has 0 heterocycles. The predicted octanol–water partition coefficient (Wildman–Crippen LogP) is 3.23. The molecule has 1 N–H and O–H groups in total. The average molecular weight is 216 g/mol. The van der Waals surface area contributed by atoms with Crippen LogP contribution >= 0.6 is 0 Å². The summed E-state index contributed by atoms with van der Waals surface area (Å²) in [5, 5.41) is 9.41. The number of halogens is 3. The molecule has 1 atom stereocenters. The number of aliphatic hydroxyl groups is 1. The molecular formula is C11H11F3O. The van der Waals surface area contributed by atoms with Crippen molar-refractivity contribution in [2.45, 2.75) is 19.2 Å². The van der Waals surface area contributed by atoms with E-state index in [9.17, 15) is 18.3 Å². The van der Waals surface area contributed by atoms with Gasteiger partial charge < -0.3 is 5.11 Å². The lowest BCUT2D eigenvalue weighted by Crippen LogP contribution is -2.10. The van der Waals surface area contributed by atoms with Crippen molar-refractivity contribution in [2.75, 3.05) is 0 Å². The first-order chi connectivity index (χ1) is 6.88. The van der Waals surface area contributed by atoms with E-state index in [0.29, 0.717) is 0 Å². The summed E-state index contributed by atoms with van der Waals surface area (Å²) in [6, 6.07) is 3.73. The molecule has 1 unspecified atom stereocenters. The highest BCUT2D eigenvalue weighted by Crippen LogP contribution is 2.34. The van der Waals surface area contributed by atoms with E-state index in [0.717, 1.165) is 6.07 Å². The average Bonchev–Trinajstić information content (AvgIpc) is 2.15. The van der Waals surface area contributed by atoms with Gasteiger partial charge in [-0.1, -0.05) is 18.2 Å². The highest BCUT2D eigenvalue weighted by atomic mass is 19.4. The summed E-state index contributed by atoms with van der Waals surface area (Å²) in [4.78, 5) is 0. The largest absolute Gasteiger partial charge is 0.416 e. The van der Waals surface area contributed by atoms with Gasteiger partial charge in [-0.15, -0.1) is 6.58 Å². The third-order valence-corrected chi connectivity index (χ3v) is 2.22. The fourth-order valence-corrected chi connectivity index (χ4v) is 1.41. The van der Waals surface area contributed by atoms with E-state index < -0.39 is 17.8 Å². The standard InChI is InChI=1S/C11H11F3O/c1-3-10(15)8-5-4-6-9(7(8)2)11(12,13)14/h3-6,10,15H,1H2,2H3. The van der Waals surface area contributed by atoms with E-state index in [4.69, 9.17) is 0 Å². The molecule has 0 aliphatic rings. The number of alkyl halides is 3. The van der Waals surface area contributed by atoms with Gasteiger partial charge in [-0.3, -0.25) is 0 Å². The van der Waals surface area contributed by atoms with Crippen LogP contribution in [0.2, 0.25) is 0 Å². The number of rotatable bonds is 2. The summed E-state index contributed by atoms with van der Waals surface area (Å²) >= 11 is 0. The van der Waals surface area contributed by atoms with Crippen LogP contribution in [0.1, 0.15) is 22.8 Å². The molecule has 1 aromatic rings. The van der Waals surface area contributed by atoms with Crippen LogP contribution in [0.5, 0.6) is 0 Å². The Labute approximate surface area is 85.9 Å². The molecule has 0 saturated carbocycles. The van der Waals surface area contributed by atoms with Crippen LogP contribution < -0.4 is 0 Å². The van der Waals surface area contributed by atoms with Crippen molar-refractivity contribution in [3.05, 3.63) is 47.5 Å². The number of aliphatic hydroxyl groups excluding tert-OH is 1. The Morgan fingerprint density at radius 2 is 2.00 bits per heavy atom. The zero-order valence-corrected chi connectivity index (χ0v) is 8.17. The molecule has 0 amide bonds. The summed E-state index contributed by atoms with van der Waals surface area (Å²) in [5.74, 6) is 0. The molecule has 0 fully saturated rings. The van der Waals surface area contributed by atoms with Crippen LogP contribution in [-0.4, -0.2) is 5.11 Å². The van der Waals surface area contributed by atoms with Crippen molar-refractivity contribution < 1.29 is 18.3 Å². The lowest BCUT2D eigenvalue weighted by Gasteiger charge is -2.15. The maximum atomic E-state index is 12.5. The van der Waals surface area contributed by atoms with Gasteiger partial charge in [0.15, 0.2) is 0 Å². The third-order valence-electron chi connectivity index (χ3n) is 2.22. The number of hydrogen-bond donors (Lipinski definition) is 1. The summed E-state index contributed by atoms with van der Waals surface area (Å²) < 4.78 is 37.5. The second-order valence-corrected chi connectivity index (χ2v) is 3.20. The van der Waals surface area contributed by atoms with Crippen molar-refractivity contribution in [3.63, 3.8) is 0 Å². The van der Waals surface area contributed by atoms with Crippen LogP contribution in [0.25, 0.3) is 0 Å². The van der Waals surface area contributed by atoms with Crippen LogP contribution in [-0.2, 0) is 6.18 Å². The first-order valence-corrected chi connectivity index (χ1v) is 4.35. The van der Waals surface area contributed by atoms with Crippen molar-refractivity contribution in [3.8, 4) is 0 Å². The second kappa shape index (κ2) is 4.06. The molecule has 0 spiro atoms. The van der Waals surface area contributed by atoms with Gasteiger partial charge in [-0.2, -0.15) is 13.2 Å². The lowest BCUT2D eigenvalue weighted by molar-refractivity contribution is -0.138. The fourth-order valence-electron chi connectivity index (χ4n) is 1.41. The Morgan fingerprint density at radius 3 is 2.47 bits per heavy atom. The van der Waals surface area contributed by atoms with Crippen LogP contribution in [0, 0.1) is 6.92 Å². The zero-order chi connectivity index (χ0) is 11.6. The van der Waals surface area contributed by atoms with Crippen molar-refractivity contribution in [1.29, 1.82) is 0 Å². The van der Waals surface area contributed by atoms with Gasteiger partial charge in [0.2, 0.25) is 0 Å².